The fourth-order valence-corrected chi connectivity index (χ4v) is 4.30. The van der Waals surface area contributed by atoms with Gasteiger partial charge in [0.15, 0.2) is 0 Å². The van der Waals surface area contributed by atoms with Crippen molar-refractivity contribution < 1.29 is 9.47 Å². The minimum atomic E-state index is -0.465. The minimum absolute atomic E-state index is 0.0760. The van der Waals surface area contributed by atoms with Gasteiger partial charge in [-0.15, -0.1) is 0 Å². The topological polar surface area (TPSA) is 86.1 Å². The van der Waals surface area contributed by atoms with Crippen LogP contribution >= 0.6 is 0 Å². The van der Waals surface area contributed by atoms with Gasteiger partial charge in [-0.25, -0.2) is 4.68 Å². The fourth-order valence-electron chi connectivity index (χ4n) is 4.30. The average Bonchev–Trinajstić information content (AvgIpc) is 3.13. The van der Waals surface area contributed by atoms with Crippen molar-refractivity contribution in [2.45, 2.75) is 12.8 Å². The number of rotatable bonds is 3. The van der Waals surface area contributed by atoms with E-state index in [9.17, 15) is 5.26 Å². The van der Waals surface area contributed by atoms with E-state index in [1.54, 1.807) is 11.8 Å². The highest BCUT2D eigenvalue weighted by atomic mass is 16.5. The van der Waals surface area contributed by atoms with E-state index in [0.717, 1.165) is 33.3 Å². The monoisotopic (exact) mass is 408 g/mol. The summed E-state index contributed by atoms with van der Waals surface area (Å²) in [6.45, 7) is 1.92. The number of nitrogens with two attached hydrogens (primary N) is 1. The van der Waals surface area contributed by atoms with Crippen molar-refractivity contribution in [2.24, 2.45) is 5.73 Å². The van der Waals surface area contributed by atoms with Gasteiger partial charge in [0.1, 0.15) is 17.4 Å². The molecule has 1 aliphatic heterocycles. The van der Waals surface area contributed by atoms with Crippen molar-refractivity contribution in [3.05, 3.63) is 95.0 Å². The molecule has 1 aromatic heterocycles. The highest BCUT2D eigenvalue weighted by Crippen LogP contribution is 2.49. The Bertz CT molecular complexity index is 1380. The third-order valence-corrected chi connectivity index (χ3v) is 5.67. The van der Waals surface area contributed by atoms with E-state index < -0.39 is 5.92 Å². The lowest BCUT2D eigenvalue weighted by Crippen LogP contribution is -2.22. The number of hydrogen-bond acceptors (Lipinski definition) is 5. The number of fused-ring (bicyclic) bond motifs is 2. The molecule has 1 atom stereocenters. The van der Waals surface area contributed by atoms with E-state index in [1.807, 2.05) is 73.7 Å². The van der Waals surface area contributed by atoms with Gasteiger partial charge in [-0.05, 0) is 35.9 Å². The van der Waals surface area contributed by atoms with E-state index in [2.05, 4.69) is 6.07 Å². The van der Waals surface area contributed by atoms with Crippen LogP contribution in [0.5, 0.6) is 11.6 Å². The molecule has 3 aromatic carbocycles. The molecule has 4 aromatic rings. The SMILES string of the molecule is COc1ccc2ccccc2c1[C@H]1C(C#N)=C(N)Oc2c1c(C)nn2-c1ccccc1. The first kappa shape index (κ1) is 18.8. The van der Waals surface area contributed by atoms with Crippen LogP contribution in [-0.4, -0.2) is 16.9 Å². The van der Waals surface area contributed by atoms with E-state index in [-0.39, 0.29) is 5.88 Å². The lowest BCUT2D eigenvalue weighted by atomic mass is 9.81. The Morgan fingerprint density at radius 3 is 2.52 bits per heavy atom. The van der Waals surface area contributed by atoms with Crippen LogP contribution in [0.15, 0.2) is 78.2 Å². The van der Waals surface area contributed by atoms with Crippen LogP contribution in [0.1, 0.15) is 22.7 Å². The lowest BCUT2D eigenvalue weighted by molar-refractivity contribution is 0.364. The zero-order valence-electron chi connectivity index (χ0n) is 17.2. The molecule has 0 bridgehead atoms. The summed E-state index contributed by atoms with van der Waals surface area (Å²) >= 11 is 0. The lowest BCUT2D eigenvalue weighted by Gasteiger charge is -2.27. The molecular formula is C25H20N4O2. The molecule has 0 amide bonds. The third-order valence-electron chi connectivity index (χ3n) is 5.67. The predicted octanol–water partition coefficient (Wildman–Crippen LogP) is 4.56. The molecule has 6 heteroatoms. The van der Waals surface area contributed by atoms with Crippen LogP contribution in [0.3, 0.4) is 0 Å². The number of para-hydroxylation sites is 1. The Hall–Kier alpha value is -4.24. The van der Waals surface area contributed by atoms with E-state index in [1.165, 1.54) is 0 Å². The maximum atomic E-state index is 10.0. The molecular weight excluding hydrogens is 388 g/mol. The Kier molecular flexibility index (Phi) is 4.37. The molecule has 0 saturated heterocycles. The molecule has 0 radical (unpaired) electrons. The number of allylic oxidation sites excluding steroid dienone is 1. The Labute approximate surface area is 179 Å². The van der Waals surface area contributed by atoms with Crippen molar-refractivity contribution >= 4 is 10.8 Å². The molecule has 0 saturated carbocycles. The van der Waals surface area contributed by atoms with Crippen LogP contribution in [-0.2, 0) is 0 Å². The van der Waals surface area contributed by atoms with Crippen LogP contribution in [0, 0.1) is 18.3 Å². The molecule has 0 spiro atoms. The molecule has 2 N–H and O–H groups in total. The summed E-state index contributed by atoms with van der Waals surface area (Å²) in [6.07, 6.45) is 0. The summed E-state index contributed by atoms with van der Waals surface area (Å²) in [5.74, 6) is 0.809. The van der Waals surface area contributed by atoms with Crippen LogP contribution in [0.4, 0.5) is 0 Å². The number of ether oxygens (including phenoxy) is 2. The molecule has 0 aliphatic carbocycles. The second kappa shape index (κ2) is 7.22. The number of nitriles is 1. The summed E-state index contributed by atoms with van der Waals surface area (Å²) in [7, 11) is 1.63. The number of benzene rings is 3. The summed E-state index contributed by atoms with van der Waals surface area (Å²) < 4.78 is 13.4. The van der Waals surface area contributed by atoms with Gasteiger partial charge in [0.25, 0.3) is 0 Å². The van der Waals surface area contributed by atoms with Gasteiger partial charge in [-0.2, -0.15) is 10.4 Å². The molecule has 31 heavy (non-hydrogen) atoms. The van der Waals surface area contributed by atoms with Crippen LogP contribution in [0.25, 0.3) is 16.5 Å². The maximum absolute atomic E-state index is 10.0. The summed E-state index contributed by atoms with van der Waals surface area (Å²) in [4.78, 5) is 0. The Balaban J connectivity index is 1.85. The zero-order chi connectivity index (χ0) is 21.5. The first-order chi connectivity index (χ1) is 15.1. The van der Waals surface area contributed by atoms with Crippen LogP contribution in [0.2, 0.25) is 0 Å². The van der Waals surface area contributed by atoms with Crippen molar-refractivity contribution in [2.75, 3.05) is 7.11 Å². The summed E-state index contributed by atoms with van der Waals surface area (Å²) in [5, 5.41) is 16.8. The third kappa shape index (κ3) is 2.82. The zero-order valence-corrected chi connectivity index (χ0v) is 17.2. The number of nitrogens with zero attached hydrogens (tertiary/aromatic N) is 3. The van der Waals surface area contributed by atoms with E-state index in [4.69, 9.17) is 20.3 Å². The second-order valence-electron chi connectivity index (χ2n) is 7.38. The molecule has 0 fully saturated rings. The second-order valence-corrected chi connectivity index (χ2v) is 7.38. The van der Waals surface area contributed by atoms with E-state index in [0.29, 0.717) is 17.2 Å². The summed E-state index contributed by atoms with van der Waals surface area (Å²) in [6, 6.07) is 24.0. The van der Waals surface area contributed by atoms with Gasteiger partial charge in [-0.1, -0.05) is 48.5 Å². The minimum Gasteiger partial charge on any atom is -0.496 e. The van der Waals surface area contributed by atoms with E-state index >= 15 is 0 Å². The smallest absolute Gasteiger partial charge is 0.229 e. The normalized spacial score (nSPS) is 15.3. The number of hydrogen-bond donors (Lipinski definition) is 1. The average molecular weight is 408 g/mol. The van der Waals surface area contributed by atoms with Crippen molar-refractivity contribution in [1.29, 1.82) is 5.26 Å². The number of aryl methyl sites for hydroxylation is 1. The fraction of sp³-hybridized carbons (Fsp3) is 0.120. The van der Waals surface area contributed by atoms with Crippen molar-refractivity contribution in [3.63, 3.8) is 0 Å². The molecule has 2 heterocycles. The largest absolute Gasteiger partial charge is 0.496 e. The quantitative estimate of drug-likeness (QED) is 0.537. The first-order valence-electron chi connectivity index (χ1n) is 9.92. The van der Waals surface area contributed by atoms with Gasteiger partial charge >= 0.3 is 0 Å². The predicted molar refractivity (Wildman–Crippen MR) is 118 cm³/mol. The maximum Gasteiger partial charge on any atom is 0.229 e. The van der Waals surface area contributed by atoms with Gasteiger partial charge < -0.3 is 15.2 Å². The standard InChI is InChI=1S/C25H20N4O2/c1-15-21-23(22-18-11-7-6-8-16(18)12-13-20(22)30-2)19(14-26)24(27)31-25(21)29(28-15)17-9-4-3-5-10-17/h3-13,23H,27H2,1-2H3/t23-/m0/s1. The van der Waals surface area contributed by atoms with Crippen LogP contribution < -0.4 is 15.2 Å². The Morgan fingerprint density at radius 1 is 1.03 bits per heavy atom. The molecule has 1 aliphatic rings. The molecule has 5 rings (SSSR count). The number of methoxy groups -OCH3 is 1. The van der Waals surface area contributed by atoms with Crippen molar-refractivity contribution in [1.82, 2.24) is 9.78 Å². The van der Waals surface area contributed by atoms with Gasteiger partial charge in [0.05, 0.1) is 30.0 Å². The molecule has 0 unspecified atom stereocenters. The number of aromatic nitrogens is 2. The highest BCUT2D eigenvalue weighted by Gasteiger charge is 2.38. The van der Waals surface area contributed by atoms with Gasteiger partial charge in [0.2, 0.25) is 11.8 Å². The molecule has 152 valence electrons. The van der Waals surface area contributed by atoms with Gasteiger partial charge in [0, 0.05) is 5.56 Å². The highest BCUT2D eigenvalue weighted by molar-refractivity contribution is 5.90. The Morgan fingerprint density at radius 2 is 1.77 bits per heavy atom. The van der Waals surface area contributed by atoms with Gasteiger partial charge in [-0.3, -0.25) is 0 Å². The van der Waals surface area contributed by atoms with Crippen molar-refractivity contribution in [3.8, 4) is 23.4 Å². The summed E-state index contributed by atoms with van der Waals surface area (Å²) in [5.41, 5.74) is 9.92. The molecule has 6 nitrogen and oxygen atoms in total. The first-order valence-corrected chi connectivity index (χ1v) is 9.92.